The van der Waals surface area contributed by atoms with E-state index in [0.29, 0.717) is 0 Å². The summed E-state index contributed by atoms with van der Waals surface area (Å²) in [5.41, 5.74) is -2.74. The second-order valence-electron chi connectivity index (χ2n) is 5.88. The smallest absolute Gasteiger partial charge is 0.445 e. The van der Waals surface area contributed by atoms with Gasteiger partial charge < -0.3 is 17.7 Å². The monoisotopic (exact) mass is 303 g/mol. The first-order valence-electron chi connectivity index (χ1n) is 5.77. The molecule has 0 aromatic carbocycles. The Morgan fingerprint density at radius 3 is 2.16 bits per heavy atom. The molecule has 0 fully saturated rings. The molecule has 0 unspecified atom stereocenters. The minimum Gasteiger partial charge on any atom is -0.445 e. The first-order chi connectivity index (χ1) is 7.86. The zero-order valence-corrected chi connectivity index (χ0v) is 15.4. The van der Waals surface area contributed by atoms with Gasteiger partial charge in [-0.1, -0.05) is 6.08 Å². The Balaban J connectivity index is 0.00000324. The van der Waals surface area contributed by atoms with Crippen molar-refractivity contribution < 1.29 is 73.9 Å². The van der Waals surface area contributed by atoms with Crippen molar-refractivity contribution in [2.45, 2.75) is 45.8 Å². The van der Waals surface area contributed by atoms with Crippen LogP contribution in [0.25, 0.3) is 0 Å². The number of amides is 1. The molecular weight excluding hydrogens is 285 g/mol. The van der Waals surface area contributed by atoms with Gasteiger partial charge in [0.05, 0.1) is 0 Å². The average molecular weight is 303 g/mol. The van der Waals surface area contributed by atoms with Crippen molar-refractivity contribution in [2.75, 3.05) is 6.54 Å². The zero-order valence-electron chi connectivity index (χ0n) is 12.3. The molecule has 0 aromatic heterocycles. The van der Waals surface area contributed by atoms with E-state index in [-0.39, 0.29) is 57.9 Å². The third-order valence-corrected chi connectivity index (χ3v) is 2.84. The molecule has 0 aliphatic carbocycles. The van der Waals surface area contributed by atoms with Crippen LogP contribution in [0.2, 0.25) is 0 Å². The fourth-order valence-corrected chi connectivity index (χ4v) is 1.98. The van der Waals surface area contributed by atoms with Gasteiger partial charge in [0.2, 0.25) is 0 Å². The first kappa shape index (κ1) is 19.5. The summed E-state index contributed by atoms with van der Waals surface area (Å²) in [6.07, 6.45) is 0.336. The Hall–Kier alpha value is 0.501. The summed E-state index contributed by atoms with van der Waals surface area (Å²) < 4.78 is 43.7. The number of nitrogens with zero attached hydrogens (tertiary/aromatic N) is 1. The summed E-state index contributed by atoms with van der Waals surface area (Å²) >= 11 is 0. The van der Waals surface area contributed by atoms with E-state index in [1.807, 2.05) is 0 Å². The van der Waals surface area contributed by atoms with Gasteiger partial charge in [-0.05, 0) is 34.6 Å². The van der Waals surface area contributed by atoms with Crippen molar-refractivity contribution >= 4 is 13.1 Å². The summed E-state index contributed by atoms with van der Waals surface area (Å²) in [7, 11) is 0. The van der Waals surface area contributed by atoms with Gasteiger partial charge >= 0.3 is 64.5 Å². The molecule has 0 atom stereocenters. The molecule has 1 rings (SSSR count). The maximum absolute atomic E-state index is 12.8. The van der Waals surface area contributed by atoms with E-state index in [9.17, 15) is 17.7 Å². The molecule has 3 nitrogen and oxygen atoms in total. The topological polar surface area (TPSA) is 29.5 Å². The maximum atomic E-state index is 12.8. The molecule has 1 heterocycles. The molecular formula is C11H18BF3KNO2. The van der Waals surface area contributed by atoms with Crippen molar-refractivity contribution in [3.05, 3.63) is 11.5 Å². The summed E-state index contributed by atoms with van der Waals surface area (Å²) in [5.74, 6) is 0. The molecule has 104 valence electrons. The van der Waals surface area contributed by atoms with Crippen molar-refractivity contribution in [1.82, 2.24) is 4.90 Å². The van der Waals surface area contributed by atoms with E-state index in [0.717, 1.165) is 11.0 Å². The summed E-state index contributed by atoms with van der Waals surface area (Å²) in [5, 5.41) is 0. The van der Waals surface area contributed by atoms with Crippen LogP contribution < -0.4 is 51.4 Å². The van der Waals surface area contributed by atoms with Crippen LogP contribution in [0.5, 0.6) is 0 Å². The largest absolute Gasteiger partial charge is 1.00 e. The molecule has 0 N–H and O–H groups in total. The predicted octanol–water partition coefficient (Wildman–Crippen LogP) is 0.333. The molecule has 0 saturated carbocycles. The average Bonchev–Trinajstić information content (AvgIpc) is 2.35. The Morgan fingerprint density at radius 1 is 1.37 bits per heavy atom. The van der Waals surface area contributed by atoms with E-state index in [2.05, 4.69) is 0 Å². The van der Waals surface area contributed by atoms with Crippen LogP contribution in [0.15, 0.2) is 11.5 Å². The van der Waals surface area contributed by atoms with Crippen LogP contribution in [-0.2, 0) is 4.74 Å². The minimum absolute atomic E-state index is 0. The molecule has 8 heteroatoms. The Labute approximate surface area is 154 Å². The summed E-state index contributed by atoms with van der Waals surface area (Å²) in [4.78, 5) is 13.0. The fourth-order valence-electron chi connectivity index (χ4n) is 1.98. The number of halogens is 3. The molecule has 0 radical (unpaired) electrons. The quantitative estimate of drug-likeness (QED) is 0.654. The van der Waals surface area contributed by atoms with Gasteiger partial charge in [-0.3, -0.25) is 4.90 Å². The third kappa shape index (κ3) is 4.77. The number of hydrogen-bond acceptors (Lipinski definition) is 2. The maximum Gasteiger partial charge on any atom is 1.00 e. The SMILES string of the molecule is CC(C)(C)OC(=O)N1CC=C([B-](F)(F)F)C1(C)C.[K+]. The first-order valence-corrected chi connectivity index (χ1v) is 5.77. The van der Waals surface area contributed by atoms with Crippen molar-refractivity contribution in [2.24, 2.45) is 0 Å². The van der Waals surface area contributed by atoms with Crippen LogP contribution in [0.4, 0.5) is 17.7 Å². The molecule has 0 aromatic rings. The van der Waals surface area contributed by atoms with Crippen LogP contribution in [-0.4, -0.2) is 35.7 Å². The van der Waals surface area contributed by atoms with Gasteiger partial charge in [-0.15, -0.1) is 5.47 Å². The third-order valence-electron chi connectivity index (χ3n) is 2.84. The Kier molecular flexibility index (Phi) is 6.25. The van der Waals surface area contributed by atoms with Crippen molar-refractivity contribution in [3.8, 4) is 0 Å². The van der Waals surface area contributed by atoms with Crippen molar-refractivity contribution in [1.29, 1.82) is 0 Å². The van der Waals surface area contributed by atoms with Crippen LogP contribution in [0.3, 0.4) is 0 Å². The molecule has 0 saturated heterocycles. The van der Waals surface area contributed by atoms with Gasteiger partial charge in [0.1, 0.15) is 5.60 Å². The van der Waals surface area contributed by atoms with Gasteiger partial charge in [0.25, 0.3) is 0 Å². The molecule has 0 spiro atoms. The predicted molar refractivity (Wildman–Crippen MR) is 64.2 cm³/mol. The number of hydrogen-bond donors (Lipinski definition) is 0. The molecule has 1 amide bonds. The molecule has 1 aliphatic heterocycles. The summed E-state index contributed by atoms with van der Waals surface area (Å²) in [6, 6.07) is 0. The molecule has 19 heavy (non-hydrogen) atoms. The number of rotatable bonds is 1. The van der Waals surface area contributed by atoms with Crippen LogP contribution in [0.1, 0.15) is 34.6 Å². The van der Waals surface area contributed by atoms with Gasteiger partial charge in [-0.2, -0.15) is 0 Å². The molecule has 0 bridgehead atoms. The van der Waals surface area contributed by atoms with Crippen molar-refractivity contribution in [3.63, 3.8) is 0 Å². The Bertz CT molecular complexity index is 388. The fraction of sp³-hybridized carbons (Fsp3) is 0.727. The summed E-state index contributed by atoms with van der Waals surface area (Å²) in [6.45, 7) is 2.63. The van der Waals surface area contributed by atoms with Crippen LogP contribution >= 0.6 is 0 Å². The second-order valence-corrected chi connectivity index (χ2v) is 5.88. The minimum atomic E-state index is -5.09. The van der Waals surface area contributed by atoms with Gasteiger partial charge in [-0.25, -0.2) is 4.79 Å². The van der Waals surface area contributed by atoms with Gasteiger partial charge in [0.15, 0.2) is 0 Å². The standard InChI is InChI=1S/C11H18BF3NO2.K/c1-10(2,3)18-9(17)16-7-6-8(11(16,4)5)12(13,14)15;/h6H,7H2,1-5H3;/q-1;+1. The number of carbonyl (C=O) groups is 1. The zero-order chi connectivity index (χ0) is 14.4. The number of carbonyl (C=O) groups excluding carboxylic acids is 1. The van der Waals surface area contributed by atoms with E-state index < -0.39 is 29.7 Å². The van der Waals surface area contributed by atoms with Crippen LogP contribution in [0, 0.1) is 0 Å². The van der Waals surface area contributed by atoms with E-state index in [4.69, 9.17) is 4.74 Å². The second kappa shape index (κ2) is 6.09. The van der Waals surface area contributed by atoms with E-state index in [1.165, 1.54) is 13.8 Å². The van der Waals surface area contributed by atoms with E-state index in [1.54, 1.807) is 20.8 Å². The normalized spacial score (nSPS) is 18.7. The van der Waals surface area contributed by atoms with E-state index >= 15 is 0 Å². The van der Waals surface area contributed by atoms with Gasteiger partial charge in [0, 0.05) is 12.1 Å². The Morgan fingerprint density at radius 2 is 1.84 bits per heavy atom. The molecule has 1 aliphatic rings. The number of ether oxygens (including phenoxy) is 1.